The molecule has 0 saturated heterocycles. The van der Waals surface area contributed by atoms with Crippen LogP contribution < -0.4 is 10.0 Å². The van der Waals surface area contributed by atoms with Gasteiger partial charge in [0, 0.05) is 34.1 Å². The summed E-state index contributed by atoms with van der Waals surface area (Å²) >= 11 is 0. The van der Waals surface area contributed by atoms with Gasteiger partial charge in [0.1, 0.15) is 17.5 Å². The van der Waals surface area contributed by atoms with Gasteiger partial charge in [0.05, 0.1) is 37.3 Å². The summed E-state index contributed by atoms with van der Waals surface area (Å²) in [4.78, 5) is 11.2. The maximum absolute atomic E-state index is 13.3. The zero-order valence-corrected chi connectivity index (χ0v) is 26.0. The van der Waals surface area contributed by atoms with E-state index in [1.54, 1.807) is 6.92 Å². The molecule has 0 aliphatic rings. The third-order valence-electron chi connectivity index (χ3n) is 6.13. The zero-order valence-electron chi connectivity index (χ0n) is 22.8. The summed E-state index contributed by atoms with van der Waals surface area (Å²) in [7, 11) is -6.93. The smallest absolute Gasteiger partial charge is 0.261 e. The van der Waals surface area contributed by atoms with E-state index in [0.717, 1.165) is 30.5 Å². The van der Waals surface area contributed by atoms with Gasteiger partial charge >= 0.3 is 0 Å². The van der Waals surface area contributed by atoms with Gasteiger partial charge in [-0.25, -0.2) is 25.3 Å². The fourth-order valence-corrected chi connectivity index (χ4v) is 6.61. The van der Waals surface area contributed by atoms with Crippen LogP contribution in [0.3, 0.4) is 0 Å². The summed E-state index contributed by atoms with van der Waals surface area (Å²) in [6.45, 7) is 1.59. The number of nitriles is 1. The highest BCUT2D eigenvalue weighted by Crippen LogP contribution is 2.44. The van der Waals surface area contributed by atoms with Gasteiger partial charge in [0.2, 0.25) is 5.91 Å². The van der Waals surface area contributed by atoms with Gasteiger partial charge in [-0.2, -0.15) is 5.26 Å². The Labute approximate surface area is 257 Å². The van der Waals surface area contributed by atoms with Crippen LogP contribution in [0, 0.1) is 11.3 Å². The third-order valence-corrected chi connectivity index (χ3v) is 9.96. The number of carbonyl (C=O) groups excluding carboxylic acids is 1. The Morgan fingerprint density at radius 2 is 1.55 bits per heavy atom. The number of fused-ring (bicyclic) bond motifs is 1. The summed E-state index contributed by atoms with van der Waals surface area (Å²) in [5, 5.41) is 31.5. The van der Waals surface area contributed by atoms with Crippen molar-refractivity contribution in [2.75, 3.05) is 16.3 Å². The normalized spacial score (nSPS) is 12.2. The molecule has 0 unspecified atom stereocenters. The van der Waals surface area contributed by atoms with E-state index >= 15 is 0 Å². The third kappa shape index (κ3) is 6.97. The number of sulfonamides is 1. The fraction of sp³-hybridized carbons (Fsp3) is 0.111. The molecule has 0 saturated carbocycles. The number of nitrogens with zero attached hydrogens (tertiary/aromatic N) is 3. The average Bonchev–Trinajstić information content (AvgIpc) is 2.96. The molecule has 0 aliphatic carbocycles. The van der Waals surface area contributed by atoms with Crippen LogP contribution >= 0.6 is 10.7 Å². The molecule has 0 radical (unpaired) electrons. The maximum atomic E-state index is 13.3. The molecule has 13 nitrogen and oxygen atoms in total. The van der Waals surface area contributed by atoms with E-state index in [1.807, 2.05) is 6.07 Å². The Hall–Kier alpha value is -4.56. The number of anilines is 2. The number of hydrogen-bond donors (Lipinski definition) is 3. The van der Waals surface area contributed by atoms with E-state index in [4.69, 9.17) is 10.7 Å². The van der Waals surface area contributed by atoms with Crippen molar-refractivity contribution < 1.29 is 35.2 Å². The van der Waals surface area contributed by atoms with Crippen molar-refractivity contribution in [3.05, 3.63) is 72.3 Å². The summed E-state index contributed by atoms with van der Waals surface area (Å²) in [5.74, 6) is -0.857. The Morgan fingerprint density at radius 3 is 2.18 bits per heavy atom. The molecule has 228 valence electrons. The molecule has 0 heterocycles. The number of benzene rings is 4. The molecule has 4 aromatic rings. The number of sulfone groups is 1. The first-order valence-corrected chi connectivity index (χ1v) is 18.1. The molecule has 17 heteroatoms. The maximum Gasteiger partial charge on any atom is 0.261 e. The molecule has 1 amide bonds. The highest BCUT2D eigenvalue weighted by Gasteiger charge is 2.22. The minimum absolute atomic E-state index is 0.0163. The monoisotopic (exact) mass is 675 g/mol. The van der Waals surface area contributed by atoms with Crippen molar-refractivity contribution in [2.45, 2.75) is 28.0 Å². The number of nitrogens with one attached hydrogen (secondary N) is 2. The molecule has 44 heavy (non-hydrogen) atoms. The number of aromatic hydroxyl groups is 1. The standard InChI is InChI=1S/C27H22ClN5O8S3/c1-3-25(34)30-24-14-23(32-31-21-11-10-17(42(2,36)37)12-16(21)15-29)26-20(27(24)35)8-5-9-22(26)33-44(40,41)19-7-4-6-18(13-19)43(28,38)39/h4-14,33,35H,3H2,1-2H3,(H,30,34). The first-order valence-electron chi connectivity index (χ1n) is 12.4. The van der Waals surface area contributed by atoms with E-state index in [2.05, 4.69) is 20.3 Å². The minimum Gasteiger partial charge on any atom is -0.505 e. The summed E-state index contributed by atoms with van der Waals surface area (Å²) in [6, 6.07) is 15.3. The van der Waals surface area contributed by atoms with Crippen LogP contribution in [0.5, 0.6) is 5.75 Å². The molecule has 0 aliphatic heterocycles. The lowest BCUT2D eigenvalue weighted by molar-refractivity contribution is -0.115. The second-order valence-electron chi connectivity index (χ2n) is 9.20. The van der Waals surface area contributed by atoms with E-state index in [-0.39, 0.29) is 50.4 Å². The van der Waals surface area contributed by atoms with Crippen LogP contribution in [-0.4, -0.2) is 42.5 Å². The topological polar surface area (TPSA) is 212 Å². The zero-order chi connectivity index (χ0) is 32.4. The molecule has 3 N–H and O–H groups in total. The second-order valence-corrected chi connectivity index (χ2v) is 15.5. The summed E-state index contributed by atoms with van der Waals surface area (Å²) < 4.78 is 76.4. The second kappa shape index (κ2) is 12.2. The summed E-state index contributed by atoms with van der Waals surface area (Å²) in [5.41, 5.74) is -0.360. The molecule has 0 atom stereocenters. The van der Waals surface area contributed by atoms with Gasteiger partial charge in [0.25, 0.3) is 19.1 Å². The molecule has 4 rings (SSSR count). The molecule has 0 fully saturated rings. The largest absolute Gasteiger partial charge is 0.505 e. The van der Waals surface area contributed by atoms with Crippen molar-refractivity contribution in [3.63, 3.8) is 0 Å². The van der Waals surface area contributed by atoms with E-state index in [0.29, 0.717) is 0 Å². The van der Waals surface area contributed by atoms with E-state index in [1.165, 1.54) is 42.5 Å². The Balaban J connectivity index is 1.92. The fourth-order valence-electron chi connectivity index (χ4n) is 3.97. The van der Waals surface area contributed by atoms with Gasteiger partial charge in [-0.15, -0.1) is 10.2 Å². The Morgan fingerprint density at radius 1 is 0.886 bits per heavy atom. The number of halogens is 1. The van der Waals surface area contributed by atoms with Crippen molar-refractivity contribution in [3.8, 4) is 11.8 Å². The lowest BCUT2D eigenvalue weighted by Crippen LogP contribution is -2.14. The highest BCUT2D eigenvalue weighted by molar-refractivity contribution is 8.13. The van der Waals surface area contributed by atoms with Gasteiger partial charge in [0.15, 0.2) is 9.84 Å². The lowest BCUT2D eigenvalue weighted by atomic mass is 10.0. The van der Waals surface area contributed by atoms with Crippen LogP contribution in [-0.2, 0) is 33.7 Å². The van der Waals surface area contributed by atoms with Crippen molar-refractivity contribution >= 4 is 79.0 Å². The number of azo groups is 1. The van der Waals surface area contributed by atoms with Crippen LogP contribution in [0.2, 0.25) is 0 Å². The van der Waals surface area contributed by atoms with Crippen molar-refractivity contribution in [1.29, 1.82) is 5.26 Å². The first-order chi connectivity index (χ1) is 20.5. The van der Waals surface area contributed by atoms with Crippen LogP contribution in [0.4, 0.5) is 22.7 Å². The Bertz CT molecular complexity index is 2230. The molecular weight excluding hydrogens is 654 g/mol. The van der Waals surface area contributed by atoms with E-state index in [9.17, 15) is 40.4 Å². The number of phenols is 1. The van der Waals surface area contributed by atoms with Gasteiger partial charge in [-0.05, 0) is 48.5 Å². The van der Waals surface area contributed by atoms with Gasteiger partial charge in [-0.3, -0.25) is 9.52 Å². The van der Waals surface area contributed by atoms with Crippen molar-refractivity contribution in [2.24, 2.45) is 10.2 Å². The number of rotatable bonds is 9. The minimum atomic E-state index is -4.44. The predicted molar refractivity (Wildman–Crippen MR) is 163 cm³/mol. The molecule has 0 aromatic heterocycles. The molecule has 4 aromatic carbocycles. The first kappa shape index (κ1) is 32.4. The highest BCUT2D eigenvalue weighted by atomic mass is 35.7. The lowest BCUT2D eigenvalue weighted by Gasteiger charge is -2.16. The van der Waals surface area contributed by atoms with Crippen molar-refractivity contribution in [1.82, 2.24) is 0 Å². The number of hydrogen-bond acceptors (Lipinski definition) is 11. The van der Waals surface area contributed by atoms with Crippen LogP contribution in [0.25, 0.3) is 10.8 Å². The van der Waals surface area contributed by atoms with Gasteiger partial charge < -0.3 is 10.4 Å². The summed E-state index contributed by atoms with van der Waals surface area (Å²) in [6.07, 6.45) is 1.05. The number of amides is 1. The van der Waals surface area contributed by atoms with E-state index < -0.39 is 50.4 Å². The molecular formula is C27H22ClN5O8S3. The van der Waals surface area contributed by atoms with Crippen LogP contribution in [0.1, 0.15) is 18.9 Å². The van der Waals surface area contributed by atoms with Crippen LogP contribution in [0.15, 0.2) is 91.6 Å². The Kier molecular flexibility index (Phi) is 8.98. The quantitative estimate of drug-likeness (QED) is 0.119. The number of phenolic OH excluding ortho intramolecular Hbond substituents is 1. The average molecular weight is 676 g/mol. The molecule has 0 bridgehead atoms. The SMILES string of the molecule is CCC(=O)Nc1cc(N=Nc2ccc(S(C)(=O)=O)cc2C#N)c2c(NS(=O)(=O)c3cccc(S(=O)(=O)Cl)c3)cccc2c1O. The predicted octanol–water partition coefficient (Wildman–Crippen LogP) is 5.31. The number of carbonyl (C=O) groups is 1. The van der Waals surface area contributed by atoms with Gasteiger partial charge in [-0.1, -0.05) is 25.1 Å². The molecule has 0 spiro atoms.